The van der Waals surface area contributed by atoms with Crippen molar-refractivity contribution < 1.29 is 14.3 Å². The molecule has 0 bridgehead atoms. The molecule has 1 fully saturated rings. The third-order valence-corrected chi connectivity index (χ3v) is 5.62. The molecular weight excluding hydrogens is 392 g/mol. The number of nitrogens with zero attached hydrogens (tertiary/aromatic N) is 3. The summed E-state index contributed by atoms with van der Waals surface area (Å²) in [7, 11) is 0. The van der Waals surface area contributed by atoms with Crippen LogP contribution in [0, 0.1) is 6.92 Å². The monoisotopic (exact) mass is 420 g/mol. The smallest absolute Gasteiger partial charge is 0.243 e. The van der Waals surface area contributed by atoms with Crippen molar-refractivity contribution in [3.05, 3.63) is 59.7 Å². The normalized spacial score (nSPS) is 16.2. The molecule has 0 saturated carbocycles. The summed E-state index contributed by atoms with van der Waals surface area (Å²) < 4.78 is 5.40. The summed E-state index contributed by atoms with van der Waals surface area (Å²) >= 11 is 0. The van der Waals surface area contributed by atoms with Crippen LogP contribution in [0.25, 0.3) is 0 Å². The molecule has 0 spiro atoms. The third-order valence-electron chi connectivity index (χ3n) is 5.62. The van der Waals surface area contributed by atoms with E-state index in [1.807, 2.05) is 49.4 Å². The average Bonchev–Trinajstić information content (AvgIpc) is 3.30. The average molecular weight is 421 g/mol. The van der Waals surface area contributed by atoms with Crippen molar-refractivity contribution in [2.75, 3.05) is 43.1 Å². The van der Waals surface area contributed by atoms with E-state index in [0.717, 1.165) is 60.9 Å². The van der Waals surface area contributed by atoms with Gasteiger partial charge in [-0.15, -0.1) is 0 Å². The largest absolute Gasteiger partial charge is 0.378 e. The number of nitrogens with one attached hydrogen (secondary N) is 1. The summed E-state index contributed by atoms with van der Waals surface area (Å²) in [4.78, 5) is 27.2. The van der Waals surface area contributed by atoms with Crippen LogP contribution >= 0.6 is 0 Å². The molecule has 31 heavy (non-hydrogen) atoms. The summed E-state index contributed by atoms with van der Waals surface area (Å²) in [5.74, 6) is -0.289. The molecule has 0 unspecified atom stereocenters. The van der Waals surface area contributed by atoms with Gasteiger partial charge in [0.2, 0.25) is 11.8 Å². The summed E-state index contributed by atoms with van der Waals surface area (Å²) in [5, 5.41) is 8.86. The SMILES string of the molecule is Cc1cc(N2CCOCC2)ccc1NC(=O)CCC(=O)N1CCC(c2ccccc2)=N1. The Labute approximate surface area is 182 Å². The topological polar surface area (TPSA) is 74.2 Å². The Kier molecular flexibility index (Phi) is 6.62. The van der Waals surface area contributed by atoms with Gasteiger partial charge in [-0.05, 0) is 36.2 Å². The molecule has 2 amide bonds. The van der Waals surface area contributed by atoms with Crippen molar-refractivity contribution in [3.8, 4) is 0 Å². The summed E-state index contributed by atoms with van der Waals surface area (Å²) in [6.07, 6.45) is 1.01. The maximum absolute atomic E-state index is 12.5. The lowest BCUT2D eigenvalue weighted by Gasteiger charge is -2.29. The van der Waals surface area contributed by atoms with Crippen LogP contribution < -0.4 is 10.2 Å². The number of hydrogen-bond donors (Lipinski definition) is 1. The van der Waals surface area contributed by atoms with Gasteiger partial charge in [0, 0.05) is 43.7 Å². The first-order valence-corrected chi connectivity index (χ1v) is 10.8. The number of amides is 2. The van der Waals surface area contributed by atoms with E-state index in [-0.39, 0.29) is 24.7 Å². The van der Waals surface area contributed by atoms with Gasteiger partial charge in [0.05, 0.1) is 25.5 Å². The molecule has 2 aliphatic heterocycles. The molecule has 7 nitrogen and oxygen atoms in total. The maximum Gasteiger partial charge on any atom is 0.243 e. The van der Waals surface area contributed by atoms with Gasteiger partial charge >= 0.3 is 0 Å². The minimum Gasteiger partial charge on any atom is -0.378 e. The summed E-state index contributed by atoms with van der Waals surface area (Å²) in [6.45, 7) is 5.76. The summed E-state index contributed by atoms with van der Waals surface area (Å²) in [6, 6.07) is 15.9. The van der Waals surface area contributed by atoms with Crippen LogP contribution in [0.2, 0.25) is 0 Å². The fraction of sp³-hybridized carbons (Fsp3) is 0.375. The minimum absolute atomic E-state index is 0.125. The molecule has 1 saturated heterocycles. The van der Waals surface area contributed by atoms with Gasteiger partial charge in [-0.3, -0.25) is 9.59 Å². The third kappa shape index (κ3) is 5.30. The lowest BCUT2D eigenvalue weighted by molar-refractivity contribution is -0.132. The van der Waals surface area contributed by atoms with Crippen molar-refractivity contribution in [2.24, 2.45) is 5.10 Å². The van der Waals surface area contributed by atoms with Crippen LogP contribution in [0.5, 0.6) is 0 Å². The molecule has 162 valence electrons. The van der Waals surface area contributed by atoms with Gasteiger partial charge in [0.1, 0.15) is 0 Å². The zero-order chi connectivity index (χ0) is 21.6. The highest BCUT2D eigenvalue weighted by Crippen LogP contribution is 2.24. The van der Waals surface area contributed by atoms with E-state index in [2.05, 4.69) is 21.4 Å². The van der Waals surface area contributed by atoms with Crippen molar-refractivity contribution >= 4 is 28.9 Å². The number of ether oxygens (including phenoxy) is 1. The van der Waals surface area contributed by atoms with E-state index in [9.17, 15) is 9.59 Å². The molecule has 2 aromatic carbocycles. The van der Waals surface area contributed by atoms with E-state index in [1.54, 1.807) is 0 Å². The number of anilines is 2. The Balaban J connectivity index is 1.28. The molecule has 2 aromatic rings. The molecule has 1 N–H and O–H groups in total. The van der Waals surface area contributed by atoms with Gasteiger partial charge in [0.15, 0.2) is 0 Å². The predicted molar refractivity (Wildman–Crippen MR) is 121 cm³/mol. The van der Waals surface area contributed by atoms with E-state index in [1.165, 1.54) is 5.01 Å². The Morgan fingerprint density at radius 2 is 1.81 bits per heavy atom. The summed E-state index contributed by atoms with van der Waals surface area (Å²) in [5.41, 5.74) is 4.86. The lowest BCUT2D eigenvalue weighted by Crippen LogP contribution is -2.36. The maximum atomic E-state index is 12.5. The molecule has 0 atom stereocenters. The zero-order valence-corrected chi connectivity index (χ0v) is 17.8. The van der Waals surface area contributed by atoms with Crippen LogP contribution in [-0.4, -0.2) is 55.4 Å². The predicted octanol–water partition coefficient (Wildman–Crippen LogP) is 3.19. The molecule has 0 radical (unpaired) electrons. The first kappa shape index (κ1) is 21.1. The van der Waals surface area contributed by atoms with Crippen LogP contribution in [0.1, 0.15) is 30.4 Å². The standard InChI is InChI=1S/C24H28N4O3/c1-18-17-20(27-13-15-31-16-14-27)7-8-21(18)25-23(29)9-10-24(30)28-12-11-22(26-28)19-5-3-2-4-6-19/h2-8,17H,9-16H2,1H3,(H,25,29). The van der Waals surface area contributed by atoms with Crippen molar-refractivity contribution in [3.63, 3.8) is 0 Å². The van der Waals surface area contributed by atoms with E-state index < -0.39 is 0 Å². The van der Waals surface area contributed by atoms with Gasteiger partial charge in [-0.1, -0.05) is 30.3 Å². The Morgan fingerprint density at radius 3 is 2.55 bits per heavy atom. The van der Waals surface area contributed by atoms with E-state index in [4.69, 9.17) is 4.74 Å². The number of benzene rings is 2. The molecule has 0 aliphatic carbocycles. The van der Waals surface area contributed by atoms with Crippen LogP contribution in [0.3, 0.4) is 0 Å². The molecule has 0 aromatic heterocycles. The highest BCUT2D eigenvalue weighted by Gasteiger charge is 2.22. The number of carbonyl (C=O) groups is 2. The molecule has 2 heterocycles. The van der Waals surface area contributed by atoms with Gasteiger partial charge < -0.3 is 15.0 Å². The number of morpholine rings is 1. The second kappa shape index (κ2) is 9.75. The first-order chi connectivity index (χ1) is 15.1. The molecule has 4 rings (SSSR count). The zero-order valence-electron chi connectivity index (χ0n) is 17.8. The minimum atomic E-state index is -0.165. The van der Waals surface area contributed by atoms with Gasteiger partial charge in [0.25, 0.3) is 0 Å². The van der Waals surface area contributed by atoms with Gasteiger partial charge in [-0.25, -0.2) is 5.01 Å². The van der Waals surface area contributed by atoms with Crippen molar-refractivity contribution in [1.29, 1.82) is 0 Å². The Bertz CT molecular complexity index is 968. The van der Waals surface area contributed by atoms with E-state index >= 15 is 0 Å². The highest BCUT2D eigenvalue weighted by molar-refractivity contribution is 6.02. The fourth-order valence-corrected chi connectivity index (χ4v) is 3.84. The number of hydrazone groups is 1. The number of aryl methyl sites for hydroxylation is 1. The van der Waals surface area contributed by atoms with Crippen LogP contribution in [0.4, 0.5) is 11.4 Å². The quantitative estimate of drug-likeness (QED) is 0.779. The van der Waals surface area contributed by atoms with Crippen LogP contribution in [0.15, 0.2) is 53.6 Å². The Morgan fingerprint density at radius 1 is 1.03 bits per heavy atom. The molecular formula is C24H28N4O3. The number of hydrogen-bond acceptors (Lipinski definition) is 5. The second-order valence-electron chi connectivity index (χ2n) is 7.83. The van der Waals surface area contributed by atoms with E-state index in [0.29, 0.717) is 6.54 Å². The highest BCUT2D eigenvalue weighted by atomic mass is 16.5. The molecule has 2 aliphatic rings. The van der Waals surface area contributed by atoms with Gasteiger partial charge in [-0.2, -0.15) is 5.10 Å². The lowest BCUT2D eigenvalue weighted by atomic mass is 10.1. The number of rotatable bonds is 6. The Hall–Kier alpha value is -3.19. The van der Waals surface area contributed by atoms with Crippen LogP contribution in [-0.2, 0) is 14.3 Å². The number of carbonyl (C=O) groups excluding carboxylic acids is 2. The first-order valence-electron chi connectivity index (χ1n) is 10.8. The fourth-order valence-electron chi connectivity index (χ4n) is 3.84. The van der Waals surface area contributed by atoms with Crippen molar-refractivity contribution in [1.82, 2.24) is 5.01 Å². The second-order valence-corrected chi connectivity index (χ2v) is 7.83. The molecule has 7 heteroatoms. The van der Waals surface area contributed by atoms with Crippen molar-refractivity contribution in [2.45, 2.75) is 26.2 Å².